The number of halogens is 1. The summed E-state index contributed by atoms with van der Waals surface area (Å²) in [5.41, 5.74) is 0.788. The molecule has 0 spiro atoms. The fraction of sp³-hybridized carbons (Fsp3) is 0.211. The van der Waals surface area contributed by atoms with Crippen molar-refractivity contribution in [3.8, 4) is 0 Å². The molecule has 0 bridgehead atoms. The van der Waals surface area contributed by atoms with E-state index in [0.717, 1.165) is 43.5 Å². The van der Waals surface area contributed by atoms with E-state index in [-0.39, 0.29) is 5.82 Å². The lowest BCUT2D eigenvalue weighted by atomic mass is 10.3. The van der Waals surface area contributed by atoms with Crippen LogP contribution in [0.25, 0.3) is 0 Å². The van der Waals surface area contributed by atoms with Crippen molar-refractivity contribution >= 4 is 23.1 Å². The van der Waals surface area contributed by atoms with Gasteiger partial charge >= 0.3 is 0 Å². The van der Waals surface area contributed by atoms with Gasteiger partial charge in [0.25, 0.3) is 0 Å². The Balaban J connectivity index is 1.42. The van der Waals surface area contributed by atoms with Crippen molar-refractivity contribution in [3.63, 3.8) is 0 Å². The first-order valence-electron chi connectivity index (χ1n) is 8.53. The van der Waals surface area contributed by atoms with Gasteiger partial charge in [-0.15, -0.1) is 0 Å². The summed E-state index contributed by atoms with van der Waals surface area (Å²) in [6, 6.07) is 14.1. The molecule has 1 aliphatic rings. The Labute approximate surface area is 151 Å². The first-order valence-corrected chi connectivity index (χ1v) is 8.53. The van der Waals surface area contributed by atoms with E-state index in [1.807, 2.05) is 30.5 Å². The second-order valence-corrected chi connectivity index (χ2v) is 6.06. The number of nitrogens with one attached hydrogen (secondary N) is 1. The molecule has 4 rings (SSSR count). The van der Waals surface area contributed by atoms with Crippen LogP contribution in [0, 0.1) is 5.82 Å². The molecule has 2 aromatic heterocycles. The first kappa shape index (κ1) is 16.3. The molecule has 0 amide bonds. The normalized spacial score (nSPS) is 14.3. The second kappa shape index (κ2) is 7.35. The summed E-state index contributed by atoms with van der Waals surface area (Å²) in [5, 5.41) is 3.18. The number of rotatable bonds is 4. The van der Waals surface area contributed by atoms with Gasteiger partial charge in [0.15, 0.2) is 0 Å². The van der Waals surface area contributed by atoms with E-state index in [1.54, 1.807) is 18.5 Å². The number of nitrogens with zero attached hydrogens (tertiary/aromatic N) is 5. The third kappa shape index (κ3) is 3.72. The highest BCUT2D eigenvalue weighted by Gasteiger charge is 2.19. The predicted octanol–water partition coefficient (Wildman–Crippen LogP) is 3.08. The molecule has 0 radical (unpaired) electrons. The molecule has 1 aromatic carbocycles. The molecule has 0 atom stereocenters. The maximum Gasteiger partial charge on any atom is 0.135 e. The number of hydrogen-bond donors (Lipinski definition) is 1. The van der Waals surface area contributed by atoms with Crippen molar-refractivity contribution in [1.29, 1.82) is 0 Å². The Morgan fingerprint density at radius 3 is 2.23 bits per heavy atom. The van der Waals surface area contributed by atoms with Gasteiger partial charge in [0.05, 0.1) is 0 Å². The Morgan fingerprint density at radius 1 is 0.808 bits per heavy atom. The summed E-state index contributed by atoms with van der Waals surface area (Å²) in [6.45, 7) is 3.51. The molecule has 132 valence electrons. The quantitative estimate of drug-likeness (QED) is 0.780. The van der Waals surface area contributed by atoms with Gasteiger partial charge in [-0.3, -0.25) is 0 Å². The van der Waals surface area contributed by atoms with Gasteiger partial charge in [0, 0.05) is 44.1 Å². The Hall–Kier alpha value is -3.22. The van der Waals surface area contributed by atoms with E-state index in [1.165, 1.54) is 12.1 Å². The van der Waals surface area contributed by atoms with Crippen LogP contribution in [0.1, 0.15) is 0 Å². The summed E-state index contributed by atoms with van der Waals surface area (Å²) in [5.74, 6) is 2.32. The maximum atomic E-state index is 13.0. The molecule has 1 N–H and O–H groups in total. The van der Waals surface area contributed by atoms with Crippen molar-refractivity contribution < 1.29 is 4.39 Å². The molecule has 0 aliphatic carbocycles. The molecule has 1 saturated heterocycles. The van der Waals surface area contributed by atoms with Crippen molar-refractivity contribution in [2.24, 2.45) is 0 Å². The van der Waals surface area contributed by atoms with E-state index < -0.39 is 0 Å². The van der Waals surface area contributed by atoms with Crippen molar-refractivity contribution in [3.05, 3.63) is 66.9 Å². The van der Waals surface area contributed by atoms with Crippen LogP contribution in [0.5, 0.6) is 0 Å². The third-order valence-electron chi connectivity index (χ3n) is 4.35. The Bertz CT molecular complexity index is 847. The average molecular weight is 350 g/mol. The topological polar surface area (TPSA) is 57.2 Å². The van der Waals surface area contributed by atoms with Crippen LogP contribution in [-0.4, -0.2) is 41.1 Å². The molecule has 6 nitrogen and oxygen atoms in total. The average Bonchev–Trinajstić information content (AvgIpc) is 2.71. The molecular weight excluding hydrogens is 331 g/mol. The summed E-state index contributed by atoms with van der Waals surface area (Å²) in [7, 11) is 0. The van der Waals surface area contributed by atoms with E-state index in [9.17, 15) is 4.39 Å². The lowest BCUT2D eigenvalue weighted by Crippen LogP contribution is -2.47. The van der Waals surface area contributed by atoms with Gasteiger partial charge in [-0.1, -0.05) is 6.07 Å². The first-order chi connectivity index (χ1) is 12.8. The van der Waals surface area contributed by atoms with E-state index in [2.05, 4.69) is 30.1 Å². The zero-order valence-electron chi connectivity index (χ0n) is 14.2. The minimum atomic E-state index is -0.260. The largest absolute Gasteiger partial charge is 0.353 e. The molecule has 1 aliphatic heterocycles. The van der Waals surface area contributed by atoms with Gasteiger partial charge in [-0.25, -0.2) is 19.3 Å². The zero-order chi connectivity index (χ0) is 17.8. The smallest absolute Gasteiger partial charge is 0.135 e. The number of benzene rings is 1. The fourth-order valence-corrected chi connectivity index (χ4v) is 2.97. The Morgan fingerprint density at radius 2 is 1.54 bits per heavy atom. The van der Waals surface area contributed by atoms with Gasteiger partial charge in [0.1, 0.15) is 29.6 Å². The van der Waals surface area contributed by atoms with Gasteiger partial charge in [-0.2, -0.15) is 0 Å². The number of pyridine rings is 1. The molecule has 7 heteroatoms. The SMILES string of the molecule is Fc1ccc(Nc2cc(N3CCN(c4ccccn4)CC3)ncn2)cc1. The number of piperazine rings is 1. The van der Waals surface area contributed by atoms with Crippen LogP contribution in [0.15, 0.2) is 61.1 Å². The highest BCUT2D eigenvalue weighted by Crippen LogP contribution is 2.21. The van der Waals surface area contributed by atoms with Crippen molar-refractivity contribution in [2.45, 2.75) is 0 Å². The van der Waals surface area contributed by atoms with E-state index in [0.29, 0.717) is 5.82 Å². The molecule has 3 heterocycles. The van der Waals surface area contributed by atoms with E-state index in [4.69, 9.17) is 0 Å². The standard InChI is InChI=1S/C19H19FN6/c20-15-4-6-16(7-5-15)24-17-13-19(23-14-22-17)26-11-9-25(10-12-26)18-3-1-2-8-21-18/h1-8,13-14H,9-12H2,(H,22,23,24). The third-order valence-corrected chi connectivity index (χ3v) is 4.35. The van der Waals surface area contributed by atoms with Gasteiger partial charge in [0.2, 0.25) is 0 Å². The minimum Gasteiger partial charge on any atom is -0.353 e. The lowest BCUT2D eigenvalue weighted by molar-refractivity contribution is 0.628. The molecule has 0 saturated carbocycles. The summed E-state index contributed by atoms with van der Waals surface area (Å²) >= 11 is 0. The number of aromatic nitrogens is 3. The molecule has 1 fully saturated rings. The van der Waals surface area contributed by atoms with Crippen molar-refractivity contribution in [2.75, 3.05) is 41.3 Å². The van der Waals surface area contributed by atoms with Crippen LogP contribution in [-0.2, 0) is 0 Å². The minimum absolute atomic E-state index is 0.260. The van der Waals surface area contributed by atoms with Crippen LogP contribution < -0.4 is 15.1 Å². The lowest BCUT2D eigenvalue weighted by Gasteiger charge is -2.36. The van der Waals surface area contributed by atoms with Gasteiger partial charge in [-0.05, 0) is 36.4 Å². The van der Waals surface area contributed by atoms with Gasteiger partial charge < -0.3 is 15.1 Å². The summed E-state index contributed by atoms with van der Waals surface area (Å²) in [4.78, 5) is 17.6. The monoisotopic (exact) mass is 350 g/mol. The Kier molecular flexibility index (Phi) is 4.59. The van der Waals surface area contributed by atoms with Crippen LogP contribution in [0.3, 0.4) is 0 Å². The fourth-order valence-electron chi connectivity index (χ4n) is 2.97. The van der Waals surface area contributed by atoms with Crippen LogP contribution in [0.2, 0.25) is 0 Å². The molecule has 3 aromatic rings. The number of hydrogen-bond acceptors (Lipinski definition) is 6. The predicted molar refractivity (Wildman–Crippen MR) is 100 cm³/mol. The van der Waals surface area contributed by atoms with E-state index >= 15 is 0 Å². The summed E-state index contributed by atoms with van der Waals surface area (Å²) in [6.07, 6.45) is 3.37. The highest BCUT2D eigenvalue weighted by molar-refractivity contribution is 5.59. The highest BCUT2D eigenvalue weighted by atomic mass is 19.1. The van der Waals surface area contributed by atoms with Crippen molar-refractivity contribution in [1.82, 2.24) is 15.0 Å². The summed E-state index contributed by atoms with van der Waals surface area (Å²) < 4.78 is 13.0. The molecule has 26 heavy (non-hydrogen) atoms. The van der Waals surface area contributed by atoms with Crippen LogP contribution >= 0.6 is 0 Å². The van der Waals surface area contributed by atoms with Crippen LogP contribution in [0.4, 0.5) is 27.5 Å². The zero-order valence-corrected chi connectivity index (χ0v) is 14.2. The second-order valence-electron chi connectivity index (χ2n) is 6.06. The molecular formula is C19H19FN6. The number of anilines is 4. The maximum absolute atomic E-state index is 13.0. The molecule has 0 unspecified atom stereocenters.